The SMILES string of the molecule is C=C(CCN(C)C)C(=O)NCCCN(C)C. The fraction of sp³-hybridized carbons (Fsp3) is 0.750. The molecule has 94 valence electrons. The number of amides is 1. The predicted octanol–water partition coefficient (Wildman–Crippen LogP) is 0.562. The van der Waals surface area contributed by atoms with E-state index in [-0.39, 0.29) is 5.91 Å². The van der Waals surface area contributed by atoms with E-state index < -0.39 is 0 Å². The van der Waals surface area contributed by atoms with Gasteiger partial charge in [-0.15, -0.1) is 0 Å². The van der Waals surface area contributed by atoms with Crippen molar-refractivity contribution >= 4 is 5.91 Å². The Labute approximate surface area is 99.3 Å². The van der Waals surface area contributed by atoms with E-state index in [1.54, 1.807) is 0 Å². The molecular weight excluding hydrogens is 202 g/mol. The highest BCUT2D eigenvalue weighted by molar-refractivity contribution is 5.92. The van der Waals surface area contributed by atoms with Gasteiger partial charge in [0.25, 0.3) is 0 Å². The zero-order chi connectivity index (χ0) is 12.6. The zero-order valence-electron chi connectivity index (χ0n) is 11.0. The molecule has 0 rings (SSSR count). The second-order valence-corrected chi connectivity index (χ2v) is 4.57. The summed E-state index contributed by atoms with van der Waals surface area (Å²) < 4.78 is 0. The van der Waals surface area contributed by atoms with Crippen molar-refractivity contribution in [2.75, 3.05) is 47.8 Å². The molecule has 0 aliphatic carbocycles. The van der Waals surface area contributed by atoms with Crippen LogP contribution in [-0.4, -0.2) is 63.5 Å². The second-order valence-electron chi connectivity index (χ2n) is 4.57. The second kappa shape index (κ2) is 8.30. The quantitative estimate of drug-likeness (QED) is 0.486. The van der Waals surface area contributed by atoms with E-state index >= 15 is 0 Å². The molecule has 0 unspecified atom stereocenters. The Hall–Kier alpha value is -0.870. The lowest BCUT2D eigenvalue weighted by molar-refractivity contribution is -0.117. The van der Waals surface area contributed by atoms with Gasteiger partial charge in [0, 0.05) is 18.7 Å². The van der Waals surface area contributed by atoms with Gasteiger partial charge in [-0.2, -0.15) is 0 Å². The maximum atomic E-state index is 11.6. The van der Waals surface area contributed by atoms with Crippen molar-refractivity contribution in [2.45, 2.75) is 12.8 Å². The van der Waals surface area contributed by atoms with E-state index in [4.69, 9.17) is 0 Å². The minimum atomic E-state index is -0.0133. The summed E-state index contributed by atoms with van der Waals surface area (Å²) in [4.78, 5) is 15.7. The fourth-order valence-electron chi connectivity index (χ4n) is 1.19. The average molecular weight is 227 g/mol. The van der Waals surface area contributed by atoms with Crippen LogP contribution in [0.2, 0.25) is 0 Å². The van der Waals surface area contributed by atoms with Crippen LogP contribution in [0.1, 0.15) is 12.8 Å². The molecule has 0 aromatic heterocycles. The molecule has 0 saturated carbocycles. The first kappa shape index (κ1) is 15.1. The van der Waals surface area contributed by atoms with Crippen molar-refractivity contribution in [3.8, 4) is 0 Å². The number of hydrogen-bond acceptors (Lipinski definition) is 3. The Bertz CT molecular complexity index is 224. The van der Waals surface area contributed by atoms with E-state index in [0.717, 1.165) is 32.5 Å². The molecule has 0 aromatic carbocycles. The molecule has 0 bridgehead atoms. The molecule has 0 atom stereocenters. The number of rotatable bonds is 8. The molecule has 0 saturated heterocycles. The first-order valence-corrected chi connectivity index (χ1v) is 5.69. The lowest BCUT2D eigenvalue weighted by Gasteiger charge is -2.12. The van der Waals surface area contributed by atoms with E-state index in [2.05, 4.69) is 16.8 Å². The summed E-state index contributed by atoms with van der Waals surface area (Å²) in [7, 11) is 8.03. The molecule has 0 aliphatic rings. The van der Waals surface area contributed by atoms with E-state index in [0.29, 0.717) is 5.57 Å². The van der Waals surface area contributed by atoms with Gasteiger partial charge in [0.05, 0.1) is 0 Å². The van der Waals surface area contributed by atoms with Gasteiger partial charge in [-0.05, 0) is 47.6 Å². The molecule has 16 heavy (non-hydrogen) atoms. The van der Waals surface area contributed by atoms with Gasteiger partial charge in [-0.3, -0.25) is 4.79 Å². The van der Waals surface area contributed by atoms with E-state index in [1.165, 1.54) is 0 Å². The Balaban J connectivity index is 3.60. The number of hydrogen-bond donors (Lipinski definition) is 1. The van der Waals surface area contributed by atoms with Crippen LogP contribution < -0.4 is 5.32 Å². The smallest absolute Gasteiger partial charge is 0.246 e. The Morgan fingerprint density at radius 2 is 1.69 bits per heavy atom. The zero-order valence-corrected chi connectivity index (χ0v) is 11.0. The number of carbonyl (C=O) groups excluding carboxylic acids is 1. The third-order valence-corrected chi connectivity index (χ3v) is 2.25. The van der Waals surface area contributed by atoms with Crippen LogP contribution in [0.4, 0.5) is 0 Å². The molecule has 0 fully saturated rings. The molecule has 4 heteroatoms. The first-order valence-electron chi connectivity index (χ1n) is 5.69. The van der Waals surface area contributed by atoms with Crippen molar-refractivity contribution in [1.29, 1.82) is 0 Å². The summed E-state index contributed by atoms with van der Waals surface area (Å²) in [5.74, 6) is -0.0133. The summed E-state index contributed by atoms with van der Waals surface area (Å²) in [5.41, 5.74) is 0.665. The Morgan fingerprint density at radius 1 is 1.12 bits per heavy atom. The fourth-order valence-corrected chi connectivity index (χ4v) is 1.19. The third-order valence-electron chi connectivity index (χ3n) is 2.25. The summed E-state index contributed by atoms with van der Waals surface area (Å²) in [6.45, 7) is 6.37. The minimum Gasteiger partial charge on any atom is -0.352 e. The van der Waals surface area contributed by atoms with Crippen molar-refractivity contribution < 1.29 is 4.79 Å². The summed E-state index contributed by atoms with van der Waals surface area (Å²) >= 11 is 0. The van der Waals surface area contributed by atoms with Gasteiger partial charge in [-0.1, -0.05) is 6.58 Å². The van der Waals surface area contributed by atoms with Crippen molar-refractivity contribution in [3.63, 3.8) is 0 Å². The van der Waals surface area contributed by atoms with Gasteiger partial charge >= 0.3 is 0 Å². The average Bonchev–Trinajstić information content (AvgIpc) is 2.20. The maximum absolute atomic E-state index is 11.6. The molecule has 0 heterocycles. The topological polar surface area (TPSA) is 35.6 Å². The summed E-state index contributed by atoms with van der Waals surface area (Å²) in [6.07, 6.45) is 1.70. The van der Waals surface area contributed by atoms with Gasteiger partial charge in [0.15, 0.2) is 0 Å². The van der Waals surface area contributed by atoms with Crippen LogP contribution in [0, 0.1) is 0 Å². The lowest BCUT2D eigenvalue weighted by atomic mass is 10.2. The number of nitrogens with zero attached hydrogens (tertiary/aromatic N) is 2. The van der Waals surface area contributed by atoms with Crippen molar-refractivity contribution in [3.05, 3.63) is 12.2 Å². The Kier molecular flexibility index (Phi) is 7.85. The molecule has 4 nitrogen and oxygen atoms in total. The lowest BCUT2D eigenvalue weighted by Crippen LogP contribution is -2.29. The number of carbonyl (C=O) groups is 1. The summed E-state index contributed by atoms with van der Waals surface area (Å²) in [6, 6.07) is 0. The van der Waals surface area contributed by atoms with Gasteiger partial charge in [-0.25, -0.2) is 0 Å². The molecule has 1 N–H and O–H groups in total. The molecule has 0 aliphatic heterocycles. The highest BCUT2D eigenvalue weighted by atomic mass is 16.1. The van der Waals surface area contributed by atoms with Gasteiger partial charge < -0.3 is 15.1 Å². The normalized spacial score (nSPS) is 10.9. The molecular formula is C12H25N3O. The highest BCUT2D eigenvalue weighted by Gasteiger charge is 2.06. The largest absolute Gasteiger partial charge is 0.352 e. The molecule has 1 amide bonds. The van der Waals surface area contributed by atoms with E-state index in [1.807, 2.05) is 33.1 Å². The summed E-state index contributed by atoms with van der Waals surface area (Å²) in [5, 5.41) is 2.88. The highest BCUT2D eigenvalue weighted by Crippen LogP contribution is 1.98. The maximum Gasteiger partial charge on any atom is 0.246 e. The van der Waals surface area contributed by atoms with Gasteiger partial charge in [0.1, 0.15) is 0 Å². The number of nitrogens with one attached hydrogen (secondary N) is 1. The van der Waals surface area contributed by atoms with Crippen molar-refractivity contribution in [1.82, 2.24) is 15.1 Å². The van der Waals surface area contributed by atoms with Crippen LogP contribution in [-0.2, 0) is 4.79 Å². The van der Waals surface area contributed by atoms with Crippen LogP contribution in [0.25, 0.3) is 0 Å². The standard InChI is InChI=1S/C12H25N3O/c1-11(7-10-15(4)5)12(16)13-8-6-9-14(2)3/h1,6-10H2,2-5H3,(H,13,16). The van der Waals surface area contributed by atoms with Crippen LogP contribution in [0.3, 0.4) is 0 Å². The first-order chi connectivity index (χ1) is 7.43. The van der Waals surface area contributed by atoms with E-state index in [9.17, 15) is 4.79 Å². The molecule has 0 spiro atoms. The van der Waals surface area contributed by atoms with Gasteiger partial charge in [0.2, 0.25) is 5.91 Å². The van der Waals surface area contributed by atoms with Crippen LogP contribution in [0.15, 0.2) is 12.2 Å². The van der Waals surface area contributed by atoms with Crippen molar-refractivity contribution in [2.24, 2.45) is 0 Å². The van der Waals surface area contributed by atoms with Crippen LogP contribution in [0.5, 0.6) is 0 Å². The third kappa shape index (κ3) is 8.44. The molecule has 0 radical (unpaired) electrons. The Morgan fingerprint density at radius 3 is 2.19 bits per heavy atom. The predicted molar refractivity (Wildman–Crippen MR) is 68.5 cm³/mol. The molecule has 0 aromatic rings. The monoisotopic (exact) mass is 227 g/mol. The van der Waals surface area contributed by atoms with Crippen LogP contribution >= 0.6 is 0 Å². The minimum absolute atomic E-state index is 0.0133.